The largest absolute Gasteiger partial charge is 0.381 e. The number of hydrogen-bond donors (Lipinski definition) is 1. The fraction of sp³-hybridized carbons (Fsp3) is 0.467. The lowest BCUT2D eigenvalue weighted by Crippen LogP contribution is -2.40. The highest BCUT2D eigenvalue weighted by molar-refractivity contribution is 6.02. The molecule has 5 nitrogen and oxygen atoms in total. The third kappa shape index (κ3) is 2.41. The number of carbonyl (C=O) groups excluding carboxylic acids is 2. The Labute approximate surface area is 117 Å². The number of anilines is 1. The minimum atomic E-state index is -0.00879. The van der Waals surface area contributed by atoms with E-state index in [0.29, 0.717) is 12.0 Å². The Balaban J connectivity index is 1.72. The van der Waals surface area contributed by atoms with E-state index in [0.717, 1.165) is 37.2 Å². The van der Waals surface area contributed by atoms with E-state index in [-0.39, 0.29) is 17.9 Å². The molecule has 0 radical (unpaired) electrons. The van der Waals surface area contributed by atoms with E-state index in [1.807, 2.05) is 17.0 Å². The van der Waals surface area contributed by atoms with Gasteiger partial charge in [0.2, 0.25) is 5.91 Å². The molecule has 2 aliphatic rings. The molecule has 1 aromatic rings. The van der Waals surface area contributed by atoms with Crippen molar-refractivity contribution < 1.29 is 14.3 Å². The standard InChI is InChI=1S/C15H18N2O3/c1-20-12-4-6-17(7-5-12)15(19)11-3-2-10-9-14(18)16-13(10)8-11/h2-3,8,12H,4-7,9H2,1H3,(H,16,18). The van der Waals surface area contributed by atoms with Gasteiger partial charge in [0.15, 0.2) is 0 Å². The number of nitrogens with zero attached hydrogens (tertiary/aromatic N) is 1. The molecule has 0 aromatic heterocycles. The van der Waals surface area contributed by atoms with E-state index < -0.39 is 0 Å². The number of likely N-dealkylation sites (tertiary alicyclic amines) is 1. The maximum absolute atomic E-state index is 12.4. The molecule has 0 spiro atoms. The lowest BCUT2D eigenvalue weighted by molar-refractivity contribution is -0.115. The zero-order valence-electron chi connectivity index (χ0n) is 11.5. The molecule has 0 saturated carbocycles. The first-order chi connectivity index (χ1) is 9.67. The van der Waals surface area contributed by atoms with E-state index in [9.17, 15) is 9.59 Å². The van der Waals surface area contributed by atoms with Crippen LogP contribution < -0.4 is 5.32 Å². The lowest BCUT2D eigenvalue weighted by Gasteiger charge is -2.31. The molecule has 1 N–H and O–H groups in total. The van der Waals surface area contributed by atoms with E-state index in [4.69, 9.17) is 4.74 Å². The first kappa shape index (κ1) is 13.1. The highest BCUT2D eigenvalue weighted by Crippen LogP contribution is 2.25. The summed E-state index contributed by atoms with van der Waals surface area (Å²) in [6, 6.07) is 5.46. The number of piperidine rings is 1. The molecule has 0 bridgehead atoms. The summed E-state index contributed by atoms with van der Waals surface area (Å²) in [6.45, 7) is 1.45. The number of hydrogen-bond acceptors (Lipinski definition) is 3. The molecule has 2 amide bonds. The Morgan fingerprint density at radius 3 is 2.80 bits per heavy atom. The zero-order valence-corrected chi connectivity index (χ0v) is 11.5. The number of carbonyl (C=O) groups is 2. The normalized spacial score (nSPS) is 18.9. The van der Waals surface area contributed by atoms with Crippen LogP contribution in [-0.4, -0.2) is 43.0 Å². The van der Waals surface area contributed by atoms with Crippen molar-refractivity contribution in [2.45, 2.75) is 25.4 Å². The first-order valence-corrected chi connectivity index (χ1v) is 6.92. The monoisotopic (exact) mass is 274 g/mol. The number of amides is 2. The molecule has 5 heteroatoms. The second-order valence-corrected chi connectivity index (χ2v) is 5.32. The molecular weight excluding hydrogens is 256 g/mol. The summed E-state index contributed by atoms with van der Waals surface area (Å²) in [4.78, 5) is 25.6. The van der Waals surface area contributed by atoms with Gasteiger partial charge in [0.1, 0.15) is 0 Å². The van der Waals surface area contributed by atoms with E-state index in [2.05, 4.69) is 5.32 Å². The van der Waals surface area contributed by atoms with Crippen molar-refractivity contribution >= 4 is 17.5 Å². The summed E-state index contributed by atoms with van der Waals surface area (Å²) >= 11 is 0. The van der Waals surface area contributed by atoms with Gasteiger partial charge in [-0.05, 0) is 30.5 Å². The van der Waals surface area contributed by atoms with Gasteiger partial charge in [-0.3, -0.25) is 9.59 Å². The molecule has 2 heterocycles. The molecule has 1 aromatic carbocycles. The molecule has 0 unspecified atom stereocenters. The van der Waals surface area contributed by atoms with Crippen molar-refractivity contribution in [3.8, 4) is 0 Å². The third-order valence-corrected chi connectivity index (χ3v) is 4.04. The van der Waals surface area contributed by atoms with Crippen LogP contribution in [0, 0.1) is 0 Å². The van der Waals surface area contributed by atoms with Crippen LogP contribution in [0.15, 0.2) is 18.2 Å². The van der Waals surface area contributed by atoms with Gasteiger partial charge in [-0.2, -0.15) is 0 Å². The predicted molar refractivity (Wildman–Crippen MR) is 74.7 cm³/mol. The van der Waals surface area contributed by atoms with Gasteiger partial charge in [0.25, 0.3) is 5.91 Å². The van der Waals surface area contributed by atoms with Crippen molar-refractivity contribution in [3.05, 3.63) is 29.3 Å². The maximum atomic E-state index is 12.4. The minimum Gasteiger partial charge on any atom is -0.381 e. The lowest BCUT2D eigenvalue weighted by atomic mass is 10.0. The first-order valence-electron chi connectivity index (χ1n) is 6.92. The zero-order chi connectivity index (χ0) is 14.1. The highest BCUT2D eigenvalue weighted by Gasteiger charge is 2.25. The summed E-state index contributed by atoms with van der Waals surface area (Å²) in [5, 5.41) is 2.78. The van der Waals surface area contributed by atoms with Crippen LogP contribution in [0.5, 0.6) is 0 Å². The average Bonchev–Trinajstić information content (AvgIpc) is 2.85. The fourth-order valence-corrected chi connectivity index (χ4v) is 2.82. The predicted octanol–water partition coefficient (Wildman–Crippen LogP) is 1.43. The Morgan fingerprint density at radius 1 is 1.35 bits per heavy atom. The van der Waals surface area contributed by atoms with Crippen LogP contribution in [-0.2, 0) is 16.0 Å². The van der Waals surface area contributed by atoms with Gasteiger partial charge >= 0.3 is 0 Å². The van der Waals surface area contributed by atoms with Crippen LogP contribution in [0.1, 0.15) is 28.8 Å². The number of rotatable bonds is 2. The van der Waals surface area contributed by atoms with Crippen LogP contribution in [0.25, 0.3) is 0 Å². The van der Waals surface area contributed by atoms with E-state index in [1.54, 1.807) is 13.2 Å². The quantitative estimate of drug-likeness (QED) is 0.887. The van der Waals surface area contributed by atoms with Crippen molar-refractivity contribution in [2.24, 2.45) is 0 Å². The van der Waals surface area contributed by atoms with Crippen molar-refractivity contribution in [1.82, 2.24) is 4.90 Å². The summed E-state index contributed by atoms with van der Waals surface area (Å²) in [5.74, 6) is 0.0222. The topological polar surface area (TPSA) is 58.6 Å². The summed E-state index contributed by atoms with van der Waals surface area (Å²) in [6.07, 6.45) is 2.43. The molecule has 20 heavy (non-hydrogen) atoms. The second kappa shape index (κ2) is 5.25. The Hall–Kier alpha value is -1.88. The number of benzene rings is 1. The van der Waals surface area contributed by atoms with E-state index in [1.165, 1.54) is 0 Å². The number of fused-ring (bicyclic) bond motifs is 1. The van der Waals surface area contributed by atoms with Gasteiger partial charge < -0.3 is 15.0 Å². The molecule has 1 fully saturated rings. The maximum Gasteiger partial charge on any atom is 0.253 e. The third-order valence-electron chi connectivity index (χ3n) is 4.04. The van der Waals surface area contributed by atoms with Crippen LogP contribution in [0.4, 0.5) is 5.69 Å². The number of methoxy groups -OCH3 is 1. The molecule has 0 aliphatic carbocycles. The molecule has 106 valence electrons. The molecule has 0 atom stereocenters. The Morgan fingerprint density at radius 2 is 2.10 bits per heavy atom. The summed E-state index contributed by atoms with van der Waals surface area (Å²) in [7, 11) is 1.71. The Bertz CT molecular complexity index is 548. The van der Waals surface area contributed by atoms with Crippen molar-refractivity contribution in [1.29, 1.82) is 0 Å². The minimum absolute atomic E-state index is 0.00879. The fourth-order valence-electron chi connectivity index (χ4n) is 2.82. The molecular formula is C15H18N2O3. The SMILES string of the molecule is COC1CCN(C(=O)c2ccc3c(c2)NC(=O)C3)CC1. The summed E-state index contributed by atoms with van der Waals surface area (Å²) in [5.41, 5.74) is 2.37. The smallest absolute Gasteiger partial charge is 0.253 e. The molecule has 3 rings (SSSR count). The van der Waals surface area contributed by atoms with Crippen LogP contribution in [0.2, 0.25) is 0 Å². The summed E-state index contributed by atoms with van der Waals surface area (Å²) < 4.78 is 5.31. The second-order valence-electron chi connectivity index (χ2n) is 5.32. The van der Waals surface area contributed by atoms with Gasteiger partial charge in [-0.15, -0.1) is 0 Å². The number of ether oxygens (including phenoxy) is 1. The van der Waals surface area contributed by atoms with Gasteiger partial charge in [0.05, 0.1) is 12.5 Å². The average molecular weight is 274 g/mol. The Kier molecular flexibility index (Phi) is 3.44. The van der Waals surface area contributed by atoms with Crippen LogP contribution in [0.3, 0.4) is 0 Å². The molecule has 2 aliphatic heterocycles. The van der Waals surface area contributed by atoms with Crippen molar-refractivity contribution in [2.75, 3.05) is 25.5 Å². The molecule has 1 saturated heterocycles. The highest BCUT2D eigenvalue weighted by atomic mass is 16.5. The van der Waals surface area contributed by atoms with Gasteiger partial charge in [0, 0.05) is 31.5 Å². The van der Waals surface area contributed by atoms with E-state index >= 15 is 0 Å². The van der Waals surface area contributed by atoms with Crippen LogP contribution >= 0.6 is 0 Å². The van der Waals surface area contributed by atoms with Crippen molar-refractivity contribution in [3.63, 3.8) is 0 Å². The van der Waals surface area contributed by atoms with Gasteiger partial charge in [-0.25, -0.2) is 0 Å². The number of nitrogens with one attached hydrogen (secondary N) is 1. The van der Waals surface area contributed by atoms with Gasteiger partial charge in [-0.1, -0.05) is 6.07 Å².